The molecule has 1 atom stereocenters. The molecule has 0 saturated heterocycles. The van der Waals surface area contributed by atoms with Gasteiger partial charge in [0.05, 0.1) is 14.2 Å². The largest absolute Gasteiger partial charge is 0.497 e. The van der Waals surface area contributed by atoms with Crippen LogP contribution in [0.3, 0.4) is 0 Å². The third-order valence-corrected chi connectivity index (χ3v) is 3.67. The molecule has 0 heterocycles. The van der Waals surface area contributed by atoms with Gasteiger partial charge in [-0.15, -0.1) is 0 Å². The maximum atomic E-state index is 5.51. The van der Waals surface area contributed by atoms with E-state index in [4.69, 9.17) is 9.47 Å². The monoisotopic (exact) mass is 294 g/mol. The Kier molecular flexibility index (Phi) is 7.54. The fourth-order valence-corrected chi connectivity index (χ4v) is 2.56. The summed E-state index contributed by atoms with van der Waals surface area (Å²) in [4.78, 5) is 2.46. The second-order valence-electron chi connectivity index (χ2n) is 5.70. The average molecular weight is 294 g/mol. The van der Waals surface area contributed by atoms with Crippen molar-refractivity contribution in [2.75, 3.05) is 40.9 Å². The highest BCUT2D eigenvalue weighted by Crippen LogP contribution is 2.29. The van der Waals surface area contributed by atoms with Crippen molar-refractivity contribution in [2.45, 2.75) is 26.8 Å². The van der Waals surface area contributed by atoms with Crippen molar-refractivity contribution >= 4 is 0 Å². The highest BCUT2D eigenvalue weighted by atomic mass is 16.5. The molecule has 4 nitrogen and oxygen atoms in total. The lowest BCUT2D eigenvalue weighted by Gasteiger charge is -2.28. The Morgan fingerprint density at radius 1 is 1.14 bits per heavy atom. The van der Waals surface area contributed by atoms with Gasteiger partial charge in [-0.05, 0) is 37.7 Å². The number of methoxy groups -OCH3 is 2. The van der Waals surface area contributed by atoms with Crippen LogP contribution in [-0.2, 0) is 0 Å². The molecule has 1 aromatic rings. The molecule has 0 aliphatic rings. The molecular formula is C17H30N2O2. The van der Waals surface area contributed by atoms with E-state index in [0.717, 1.165) is 36.7 Å². The minimum absolute atomic E-state index is 0.216. The molecular weight excluding hydrogens is 264 g/mol. The van der Waals surface area contributed by atoms with Gasteiger partial charge in [-0.1, -0.05) is 20.8 Å². The summed E-state index contributed by atoms with van der Waals surface area (Å²) >= 11 is 0. The second kappa shape index (κ2) is 8.90. The van der Waals surface area contributed by atoms with E-state index in [0.29, 0.717) is 5.92 Å². The van der Waals surface area contributed by atoms with Crippen LogP contribution in [0.25, 0.3) is 0 Å². The van der Waals surface area contributed by atoms with Crippen molar-refractivity contribution in [1.29, 1.82) is 0 Å². The van der Waals surface area contributed by atoms with Crippen LogP contribution in [0.1, 0.15) is 32.4 Å². The number of benzene rings is 1. The third kappa shape index (κ3) is 5.21. The predicted octanol–water partition coefficient (Wildman–Crippen LogP) is 2.94. The van der Waals surface area contributed by atoms with Crippen molar-refractivity contribution in [3.8, 4) is 11.5 Å². The van der Waals surface area contributed by atoms with Crippen molar-refractivity contribution in [3.63, 3.8) is 0 Å². The third-order valence-electron chi connectivity index (χ3n) is 3.67. The van der Waals surface area contributed by atoms with Crippen molar-refractivity contribution < 1.29 is 9.47 Å². The second-order valence-corrected chi connectivity index (χ2v) is 5.70. The maximum Gasteiger partial charge on any atom is 0.123 e. The maximum absolute atomic E-state index is 5.51. The fourth-order valence-electron chi connectivity index (χ4n) is 2.56. The van der Waals surface area contributed by atoms with Gasteiger partial charge in [0.2, 0.25) is 0 Å². The van der Waals surface area contributed by atoms with E-state index in [9.17, 15) is 0 Å². The number of ether oxygens (including phenoxy) is 2. The summed E-state index contributed by atoms with van der Waals surface area (Å²) in [5.74, 6) is 2.42. The molecule has 1 rings (SSSR count). The van der Waals surface area contributed by atoms with Crippen LogP contribution in [0.15, 0.2) is 18.2 Å². The van der Waals surface area contributed by atoms with Crippen LogP contribution in [0.4, 0.5) is 0 Å². The molecule has 0 radical (unpaired) electrons. The minimum Gasteiger partial charge on any atom is -0.497 e. The molecule has 4 heteroatoms. The molecule has 0 aliphatic heterocycles. The van der Waals surface area contributed by atoms with Gasteiger partial charge in [0, 0.05) is 24.7 Å². The molecule has 0 spiro atoms. The summed E-state index contributed by atoms with van der Waals surface area (Å²) in [6, 6.07) is 6.18. The summed E-state index contributed by atoms with van der Waals surface area (Å²) in [6.07, 6.45) is 0. The van der Waals surface area contributed by atoms with Crippen molar-refractivity contribution in [1.82, 2.24) is 10.2 Å². The van der Waals surface area contributed by atoms with Gasteiger partial charge in [-0.2, -0.15) is 0 Å². The lowest BCUT2D eigenvalue weighted by molar-refractivity contribution is 0.230. The first-order chi connectivity index (χ1) is 10.0. The zero-order valence-electron chi connectivity index (χ0n) is 14.3. The van der Waals surface area contributed by atoms with Crippen LogP contribution in [0.2, 0.25) is 0 Å². The van der Waals surface area contributed by atoms with Crippen LogP contribution < -0.4 is 14.8 Å². The van der Waals surface area contributed by atoms with Crippen LogP contribution in [-0.4, -0.2) is 45.8 Å². The van der Waals surface area contributed by atoms with E-state index in [2.05, 4.69) is 37.1 Å². The van der Waals surface area contributed by atoms with E-state index in [1.54, 1.807) is 14.2 Å². The SMILES string of the molecule is CCN(CC(C)C)CC(NC)c1cc(OC)ccc1OC. The molecule has 0 bridgehead atoms. The number of rotatable bonds is 9. The van der Waals surface area contributed by atoms with Gasteiger partial charge < -0.3 is 19.7 Å². The molecule has 0 saturated carbocycles. The lowest BCUT2D eigenvalue weighted by atomic mass is 10.0. The van der Waals surface area contributed by atoms with E-state index in [1.807, 2.05) is 19.2 Å². The number of hydrogen-bond donors (Lipinski definition) is 1. The minimum atomic E-state index is 0.216. The van der Waals surface area contributed by atoms with E-state index < -0.39 is 0 Å². The summed E-state index contributed by atoms with van der Waals surface area (Å²) in [5, 5.41) is 3.41. The normalized spacial score (nSPS) is 12.8. The topological polar surface area (TPSA) is 33.7 Å². The molecule has 1 aromatic carbocycles. The molecule has 1 unspecified atom stereocenters. The Hall–Kier alpha value is -1.26. The number of nitrogens with zero attached hydrogens (tertiary/aromatic N) is 1. The summed E-state index contributed by atoms with van der Waals surface area (Å²) in [5.41, 5.74) is 1.14. The van der Waals surface area contributed by atoms with Gasteiger partial charge in [0.25, 0.3) is 0 Å². The Balaban J connectivity index is 2.97. The van der Waals surface area contributed by atoms with E-state index in [-0.39, 0.29) is 6.04 Å². The molecule has 0 amide bonds. The Morgan fingerprint density at radius 2 is 1.86 bits per heavy atom. The quantitative estimate of drug-likeness (QED) is 0.759. The first-order valence-corrected chi connectivity index (χ1v) is 7.67. The zero-order chi connectivity index (χ0) is 15.8. The smallest absolute Gasteiger partial charge is 0.123 e. The van der Waals surface area contributed by atoms with Crippen LogP contribution in [0.5, 0.6) is 11.5 Å². The van der Waals surface area contributed by atoms with E-state index in [1.165, 1.54) is 0 Å². The first-order valence-electron chi connectivity index (χ1n) is 7.67. The van der Waals surface area contributed by atoms with E-state index >= 15 is 0 Å². The summed E-state index contributed by atoms with van der Waals surface area (Å²) < 4.78 is 10.9. The van der Waals surface area contributed by atoms with Crippen LogP contribution in [0, 0.1) is 5.92 Å². The number of hydrogen-bond acceptors (Lipinski definition) is 4. The van der Waals surface area contributed by atoms with Crippen molar-refractivity contribution in [2.24, 2.45) is 5.92 Å². The van der Waals surface area contributed by atoms with Gasteiger partial charge in [-0.3, -0.25) is 0 Å². The standard InChI is InChI=1S/C17H30N2O2/c1-7-19(11-13(2)3)12-16(18-4)15-10-14(20-5)8-9-17(15)21-6/h8-10,13,16,18H,7,11-12H2,1-6H3. The molecule has 0 fully saturated rings. The molecule has 0 aromatic heterocycles. The Labute approximate surface area is 129 Å². The van der Waals surface area contributed by atoms with Gasteiger partial charge >= 0.3 is 0 Å². The van der Waals surface area contributed by atoms with Gasteiger partial charge in [0.15, 0.2) is 0 Å². The Bertz CT molecular complexity index is 421. The lowest BCUT2D eigenvalue weighted by Crippen LogP contribution is -2.36. The molecule has 0 aliphatic carbocycles. The average Bonchev–Trinajstić information content (AvgIpc) is 2.50. The molecule has 120 valence electrons. The van der Waals surface area contributed by atoms with Gasteiger partial charge in [0.1, 0.15) is 11.5 Å². The van der Waals surface area contributed by atoms with Crippen molar-refractivity contribution in [3.05, 3.63) is 23.8 Å². The fraction of sp³-hybridized carbons (Fsp3) is 0.647. The predicted molar refractivity (Wildman–Crippen MR) is 88.3 cm³/mol. The number of likely N-dealkylation sites (N-methyl/N-ethyl adjacent to an activating group) is 2. The first kappa shape index (κ1) is 17.8. The van der Waals surface area contributed by atoms with Crippen LogP contribution >= 0.6 is 0 Å². The summed E-state index contributed by atoms with van der Waals surface area (Å²) in [6.45, 7) is 9.81. The Morgan fingerprint density at radius 3 is 2.33 bits per heavy atom. The molecule has 1 N–H and O–H groups in total. The molecule has 21 heavy (non-hydrogen) atoms. The van der Waals surface area contributed by atoms with Gasteiger partial charge in [-0.25, -0.2) is 0 Å². The highest BCUT2D eigenvalue weighted by molar-refractivity contribution is 5.42. The number of nitrogens with one attached hydrogen (secondary N) is 1. The highest BCUT2D eigenvalue weighted by Gasteiger charge is 2.19. The summed E-state index contributed by atoms with van der Waals surface area (Å²) in [7, 11) is 5.40. The zero-order valence-corrected chi connectivity index (χ0v) is 14.3.